The van der Waals surface area contributed by atoms with Crippen LogP contribution in [0.15, 0.2) is 24.3 Å². The van der Waals surface area contributed by atoms with Crippen molar-refractivity contribution in [2.45, 2.75) is 25.3 Å². The Hall–Kier alpha value is -1.43. The van der Waals surface area contributed by atoms with Gasteiger partial charge in [-0.2, -0.15) is 0 Å². The van der Waals surface area contributed by atoms with Gasteiger partial charge >= 0.3 is 0 Å². The van der Waals surface area contributed by atoms with E-state index in [1.807, 2.05) is 24.3 Å². The molecule has 106 valence electrons. The van der Waals surface area contributed by atoms with Crippen molar-refractivity contribution in [3.05, 3.63) is 29.8 Å². The predicted molar refractivity (Wildman–Crippen MR) is 74.9 cm³/mol. The summed E-state index contributed by atoms with van der Waals surface area (Å²) in [6.07, 6.45) is 1.99. The summed E-state index contributed by atoms with van der Waals surface area (Å²) in [5.74, 6) is -0.212. The number of nitrogens with two attached hydrogens (primary N) is 1. The molecular weight excluding hydrogens is 244 g/mol. The van der Waals surface area contributed by atoms with Gasteiger partial charge in [-0.15, -0.1) is 0 Å². The highest BCUT2D eigenvalue weighted by Gasteiger charge is 2.13. The molecule has 4 N–H and O–H groups in total. The number of ether oxygens (including phenoxy) is 1. The molecule has 0 heterocycles. The summed E-state index contributed by atoms with van der Waals surface area (Å²) in [6.45, 7) is 0.629. The Labute approximate surface area is 113 Å². The average molecular weight is 266 g/mol. The monoisotopic (exact) mass is 266 g/mol. The van der Waals surface area contributed by atoms with E-state index in [9.17, 15) is 4.79 Å². The molecule has 1 rings (SSSR count). The van der Waals surface area contributed by atoms with Crippen LogP contribution in [0.2, 0.25) is 0 Å². The second kappa shape index (κ2) is 8.63. The number of aliphatic hydroxyl groups excluding tert-OH is 1. The van der Waals surface area contributed by atoms with Crippen LogP contribution in [0.1, 0.15) is 18.4 Å². The Balaban J connectivity index is 2.53. The number of nitrogens with one attached hydrogen (secondary N) is 1. The highest BCUT2D eigenvalue weighted by atomic mass is 16.5. The largest absolute Gasteiger partial charge is 0.396 e. The SMILES string of the molecule is COCCC(N)C(=O)Nc1cccc(CCCO)c1. The molecular formula is C14H22N2O3. The molecule has 5 nitrogen and oxygen atoms in total. The van der Waals surface area contributed by atoms with Gasteiger partial charge < -0.3 is 20.9 Å². The minimum absolute atomic E-state index is 0.165. The zero-order valence-electron chi connectivity index (χ0n) is 11.3. The van der Waals surface area contributed by atoms with Crippen molar-refractivity contribution in [3.8, 4) is 0 Å². The minimum Gasteiger partial charge on any atom is -0.396 e. The molecule has 0 saturated carbocycles. The number of anilines is 1. The van der Waals surface area contributed by atoms with Crippen molar-refractivity contribution < 1.29 is 14.6 Å². The fraction of sp³-hybridized carbons (Fsp3) is 0.500. The molecule has 1 aromatic carbocycles. The Kier molecular flexibility index (Phi) is 7.10. The Morgan fingerprint density at radius 3 is 3.00 bits per heavy atom. The highest BCUT2D eigenvalue weighted by Crippen LogP contribution is 2.12. The number of carbonyl (C=O) groups is 1. The first-order valence-corrected chi connectivity index (χ1v) is 6.42. The number of hydrogen-bond acceptors (Lipinski definition) is 4. The van der Waals surface area contributed by atoms with Gasteiger partial charge in [0.05, 0.1) is 6.04 Å². The topological polar surface area (TPSA) is 84.6 Å². The summed E-state index contributed by atoms with van der Waals surface area (Å²) in [5.41, 5.74) is 7.56. The molecule has 1 amide bonds. The summed E-state index contributed by atoms with van der Waals surface area (Å²) < 4.78 is 4.89. The lowest BCUT2D eigenvalue weighted by atomic mass is 10.1. The maximum atomic E-state index is 11.8. The first-order chi connectivity index (χ1) is 9.17. The van der Waals surface area contributed by atoms with Gasteiger partial charge in [0.15, 0.2) is 0 Å². The molecule has 0 spiro atoms. The van der Waals surface area contributed by atoms with Crippen molar-refractivity contribution in [1.29, 1.82) is 0 Å². The normalized spacial score (nSPS) is 12.2. The van der Waals surface area contributed by atoms with Gasteiger partial charge in [-0.05, 0) is 37.0 Å². The molecule has 0 bridgehead atoms. The van der Waals surface area contributed by atoms with Gasteiger partial charge in [0.2, 0.25) is 5.91 Å². The van der Waals surface area contributed by atoms with Crippen LogP contribution in [-0.4, -0.2) is 37.4 Å². The summed E-state index contributed by atoms with van der Waals surface area (Å²) in [5, 5.41) is 11.6. The number of aryl methyl sites for hydroxylation is 1. The number of hydrogen-bond donors (Lipinski definition) is 3. The van der Waals surface area contributed by atoms with Crippen LogP contribution in [0.3, 0.4) is 0 Å². The van der Waals surface area contributed by atoms with Crippen molar-refractivity contribution in [1.82, 2.24) is 0 Å². The number of amides is 1. The van der Waals surface area contributed by atoms with Crippen LogP contribution in [0.25, 0.3) is 0 Å². The second-order valence-electron chi connectivity index (χ2n) is 4.40. The fourth-order valence-corrected chi connectivity index (χ4v) is 1.70. The summed E-state index contributed by atoms with van der Waals surface area (Å²) >= 11 is 0. The number of rotatable bonds is 8. The van der Waals surface area contributed by atoms with Gasteiger partial charge in [-0.3, -0.25) is 4.79 Å². The predicted octanol–water partition coefficient (Wildman–Crippen LogP) is 0.914. The second-order valence-corrected chi connectivity index (χ2v) is 4.40. The van der Waals surface area contributed by atoms with E-state index in [1.54, 1.807) is 7.11 Å². The molecule has 19 heavy (non-hydrogen) atoms. The zero-order chi connectivity index (χ0) is 14.1. The van der Waals surface area contributed by atoms with Gasteiger partial charge in [-0.1, -0.05) is 12.1 Å². The molecule has 0 aliphatic carbocycles. The van der Waals surface area contributed by atoms with E-state index >= 15 is 0 Å². The standard InChI is InChI=1S/C14H22N2O3/c1-19-9-7-13(15)14(18)16-12-6-2-4-11(10-12)5-3-8-17/h2,4,6,10,13,17H,3,5,7-9,15H2,1H3,(H,16,18). The van der Waals surface area contributed by atoms with Crippen LogP contribution in [0.4, 0.5) is 5.69 Å². The quantitative estimate of drug-likeness (QED) is 0.653. The van der Waals surface area contributed by atoms with Crippen molar-refractivity contribution in [3.63, 3.8) is 0 Å². The van der Waals surface area contributed by atoms with Crippen molar-refractivity contribution in [2.75, 3.05) is 25.6 Å². The molecule has 0 aliphatic rings. The molecule has 0 aromatic heterocycles. The summed E-state index contributed by atoms with van der Waals surface area (Å²) in [4.78, 5) is 11.8. The van der Waals surface area contributed by atoms with Crippen LogP contribution in [-0.2, 0) is 16.0 Å². The molecule has 0 aliphatic heterocycles. The lowest BCUT2D eigenvalue weighted by molar-refractivity contribution is -0.117. The first kappa shape index (κ1) is 15.6. The van der Waals surface area contributed by atoms with Gasteiger partial charge in [0.25, 0.3) is 0 Å². The lowest BCUT2D eigenvalue weighted by Crippen LogP contribution is -2.36. The smallest absolute Gasteiger partial charge is 0.241 e. The third-order valence-electron chi connectivity index (χ3n) is 2.79. The fourth-order valence-electron chi connectivity index (χ4n) is 1.70. The highest BCUT2D eigenvalue weighted by molar-refractivity contribution is 5.94. The van der Waals surface area contributed by atoms with E-state index in [1.165, 1.54) is 0 Å². The lowest BCUT2D eigenvalue weighted by Gasteiger charge is -2.12. The summed E-state index contributed by atoms with van der Waals surface area (Å²) in [7, 11) is 1.58. The average Bonchev–Trinajstić information content (AvgIpc) is 2.42. The van der Waals surface area contributed by atoms with Crippen LogP contribution >= 0.6 is 0 Å². The van der Waals surface area contributed by atoms with E-state index in [0.717, 1.165) is 17.7 Å². The molecule has 5 heteroatoms. The van der Waals surface area contributed by atoms with Crippen LogP contribution in [0.5, 0.6) is 0 Å². The Morgan fingerprint density at radius 2 is 2.32 bits per heavy atom. The summed E-state index contributed by atoms with van der Waals surface area (Å²) in [6, 6.07) is 7.00. The molecule has 1 atom stereocenters. The third kappa shape index (κ3) is 5.83. The van der Waals surface area contributed by atoms with E-state index in [0.29, 0.717) is 19.4 Å². The Morgan fingerprint density at radius 1 is 1.53 bits per heavy atom. The van der Waals surface area contributed by atoms with Crippen LogP contribution < -0.4 is 11.1 Å². The van der Waals surface area contributed by atoms with E-state index < -0.39 is 6.04 Å². The van der Waals surface area contributed by atoms with Gasteiger partial charge in [-0.25, -0.2) is 0 Å². The molecule has 1 unspecified atom stereocenters. The van der Waals surface area contributed by atoms with E-state index in [2.05, 4.69) is 5.32 Å². The minimum atomic E-state index is -0.568. The Bertz CT molecular complexity index is 396. The maximum absolute atomic E-state index is 11.8. The molecule has 0 fully saturated rings. The number of benzene rings is 1. The number of carbonyl (C=O) groups excluding carboxylic acids is 1. The third-order valence-corrected chi connectivity index (χ3v) is 2.79. The number of methoxy groups -OCH3 is 1. The molecule has 0 radical (unpaired) electrons. The van der Waals surface area contributed by atoms with E-state index in [4.69, 9.17) is 15.6 Å². The van der Waals surface area contributed by atoms with Gasteiger partial charge in [0, 0.05) is 26.0 Å². The van der Waals surface area contributed by atoms with Crippen molar-refractivity contribution >= 4 is 11.6 Å². The van der Waals surface area contributed by atoms with Crippen LogP contribution in [0, 0.1) is 0 Å². The zero-order valence-corrected chi connectivity index (χ0v) is 11.3. The maximum Gasteiger partial charge on any atom is 0.241 e. The first-order valence-electron chi connectivity index (χ1n) is 6.42. The van der Waals surface area contributed by atoms with Crippen molar-refractivity contribution in [2.24, 2.45) is 5.73 Å². The number of aliphatic hydroxyl groups is 1. The van der Waals surface area contributed by atoms with E-state index in [-0.39, 0.29) is 12.5 Å². The molecule has 0 saturated heterocycles. The molecule has 1 aromatic rings. The van der Waals surface area contributed by atoms with Gasteiger partial charge in [0.1, 0.15) is 0 Å².